The number of methoxy groups -OCH3 is 1. The molecule has 1 atom stereocenters. The molecule has 0 saturated carbocycles. The second kappa shape index (κ2) is 4.09. The Balaban J connectivity index is 2.87. The van der Waals surface area contributed by atoms with E-state index in [1.54, 1.807) is 11.1 Å². The van der Waals surface area contributed by atoms with Gasteiger partial charge in [-0.05, 0) is 26.2 Å². The van der Waals surface area contributed by atoms with Gasteiger partial charge in [0.2, 0.25) is 0 Å². The molecular formula is C9H14N2O2. The van der Waals surface area contributed by atoms with Gasteiger partial charge in [0.15, 0.2) is 0 Å². The van der Waals surface area contributed by atoms with Crippen LogP contribution >= 0.6 is 0 Å². The third-order valence-corrected chi connectivity index (χ3v) is 1.86. The van der Waals surface area contributed by atoms with Gasteiger partial charge in [-0.25, -0.2) is 4.79 Å². The maximum Gasteiger partial charge on any atom is 0.329 e. The van der Waals surface area contributed by atoms with Gasteiger partial charge in [0.1, 0.15) is 6.04 Å². The van der Waals surface area contributed by atoms with E-state index in [1.165, 1.54) is 7.11 Å². The molecular weight excluding hydrogens is 168 g/mol. The third kappa shape index (κ3) is 2.09. The van der Waals surface area contributed by atoms with Gasteiger partial charge >= 0.3 is 5.97 Å². The molecule has 1 N–H and O–H groups in total. The molecule has 0 aromatic carbocycles. The summed E-state index contributed by atoms with van der Waals surface area (Å²) < 4.78 is 4.70. The number of aromatic amines is 1. The highest BCUT2D eigenvalue weighted by molar-refractivity contribution is 5.76. The van der Waals surface area contributed by atoms with Crippen molar-refractivity contribution in [2.75, 3.05) is 21.2 Å². The Morgan fingerprint density at radius 1 is 1.62 bits per heavy atom. The summed E-state index contributed by atoms with van der Waals surface area (Å²) in [7, 11) is 5.06. The summed E-state index contributed by atoms with van der Waals surface area (Å²) in [5.74, 6) is -0.257. The fourth-order valence-electron chi connectivity index (χ4n) is 1.24. The number of carbonyl (C=O) groups excluding carboxylic acids is 1. The van der Waals surface area contributed by atoms with Crippen LogP contribution in [0.5, 0.6) is 0 Å². The van der Waals surface area contributed by atoms with Crippen molar-refractivity contribution in [3.05, 3.63) is 24.0 Å². The van der Waals surface area contributed by atoms with E-state index < -0.39 is 0 Å². The van der Waals surface area contributed by atoms with E-state index in [0.29, 0.717) is 0 Å². The van der Waals surface area contributed by atoms with Crippen molar-refractivity contribution < 1.29 is 9.53 Å². The van der Waals surface area contributed by atoms with Crippen molar-refractivity contribution in [3.63, 3.8) is 0 Å². The number of likely N-dealkylation sites (N-methyl/N-ethyl adjacent to an activating group) is 1. The summed E-state index contributed by atoms with van der Waals surface area (Å²) in [6, 6.07) is 3.37. The minimum atomic E-state index is -0.347. The summed E-state index contributed by atoms with van der Waals surface area (Å²) in [5.41, 5.74) is 0.844. The molecule has 1 aromatic heterocycles. The molecule has 0 aliphatic carbocycles. The zero-order chi connectivity index (χ0) is 9.84. The normalized spacial score (nSPS) is 12.9. The Labute approximate surface area is 77.5 Å². The Morgan fingerprint density at radius 3 is 2.69 bits per heavy atom. The molecule has 0 radical (unpaired) electrons. The van der Waals surface area contributed by atoms with Crippen LogP contribution in [0.15, 0.2) is 18.3 Å². The van der Waals surface area contributed by atoms with Crippen molar-refractivity contribution in [1.82, 2.24) is 9.88 Å². The minimum Gasteiger partial charge on any atom is -0.468 e. The summed E-state index contributed by atoms with van der Waals surface area (Å²) >= 11 is 0. The monoisotopic (exact) mass is 182 g/mol. The number of nitrogens with one attached hydrogen (secondary N) is 1. The first kappa shape index (κ1) is 9.80. The van der Waals surface area contributed by atoms with Gasteiger partial charge in [0.05, 0.1) is 7.11 Å². The second-order valence-electron chi connectivity index (χ2n) is 3.01. The highest BCUT2D eigenvalue weighted by Gasteiger charge is 2.23. The fourth-order valence-corrected chi connectivity index (χ4v) is 1.24. The van der Waals surface area contributed by atoms with Crippen LogP contribution in [0.3, 0.4) is 0 Å². The number of hydrogen-bond donors (Lipinski definition) is 1. The Bertz CT molecular complexity index is 267. The fraction of sp³-hybridized carbons (Fsp3) is 0.444. The first-order chi connectivity index (χ1) is 6.16. The quantitative estimate of drug-likeness (QED) is 0.703. The molecule has 0 spiro atoms. The first-order valence-electron chi connectivity index (χ1n) is 4.04. The average Bonchev–Trinajstić information content (AvgIpc) is 2.56. The van der Waals surface area contributed by atoms with Crippen LogP contribution in [0.2, 0.25) is 0 Å². The Kier molecular flexibility index (Phi) is 3.08. The van der Waals surface area contributed by atoms with Crippen LogP contribution in [0.25, 0.3) is 0 Å². The molecule has 13 heavy (non-hydrogen) atoms. The molecule has 1 rings (SSSR count). The molecule has 72 valence electrons. The number of esters is 1. The maximum atomic E-state index is 11.4. The summed E-state index contributed by atoms with van der Waals surface area (Å²) in [6.07, 6.45) is 1.79. The van der Waals surface area contributed by atoms with E-state index in [-0.39, 0.29) is 12.0 Å². The molecule has 1 unspecified atom stereocenters. The standard InChI is InChI=1S/C9H14N2O2/c1-11(2)8(9(12)13-3)7-5-4-6-10-7/h4-6,8,10H,1-3H3. The number of carbonyl (C=O) groups is 1. The lowest BCUT2D eigenvalue weighted by molar-refractivity contribution is -0.146. The molecule has 0 fully saturated rings. The lowest BCUT2D eigenvalue weighted by atomic mass is 10.2. The molecule has 4 heteroatoms. The van der Waals surface area contributed by atoms with E-state index in [4.69, 9.17) is 4.74 Å². The van der Waals surface area contributed by atoms with Crippen LogP contribution < -0.4 is 0 Å². The number of ether oxygens (including phenoxy) is 1. The molecule has 0 aliphatic heterocycles. The van der Waals surface area contributed by atoms with E-state index in [1.807, 2.05) is 26.2 Å². The van der Waals surface area contributed by atoms with Gasteiger partial charge in [-0.2, -0.15) is 0 Å². The van der Waals surface area contributed by atoms with E-state index in [0.717, 1.165) is 5.69 Å². The number of hydrogen-bond acceptors (Lipinski definition) is 3. The van der Waals surface area contributed by atoms with Crippen LogP contribution in [-0.4, -0.2) is 37.1 Å². The number of nitrogens with zero attached hydrogens (tertiary/aromatic N) is 1. The van der Waals surface area contributed by atoms with Gasteiger partial charge in [-0.1, -0.05) is 0 Å². The number of H-pyrrole nitrogens is 1. The van der Waals surface area contributed by atoms with Crippen molar-refractivity contribution in [1.29, 1.82) is 0 Å². The van der Waals surface area contributed by atoms with Crippen LogP contribution in [0.4, 0.5) is 0 Å². The lowest BCUT2D eigenvalue weighted by Gasteiger charge is -2.20. The molecule has 0 saturated heterocycles. The minimum absolute atomic E-state index is 0.257. The van der Waals surface area contributed by atoms with Gasteiger partial charge in [0.25, 0.3) is 0 Å². The van der Waals surface area contributed by atoms with E-state index in [2.05, 4.69) is 4.98 Å². The van der Waals surface area contributed by atoms with Crippen molar-refractivity contribution in [2.45, 2.75) is 6.04 Å². The average molecular weight is 182 g/mol. The summed E-state index contributed by atoms with van der Waals surface area (Å²) in [6.45, 7) is 0. The SMILES string of the molecule is COC(=O)C(c1ccc[nH]1)N(C)C. The smallest absolute Gasteiger partial charge is 0.329 e. The Hall–Kier alpha value is -1.29. The van der Waals surface area contributed by atoms with Crippen LogP contribution in [0.1, 0.15) is 11.7 Å². The van der Waals surface area contributed by atoms with Gasteiger partial charge < -0.3 is 9.72 Å². The topological polar surface area (TPSA) is 45.3 Å². The third-order valence-electron chi connectivity index (χ3n) is 1.86. The largest absolute Gasteiger partial charge is 0.468 e. The molecule has 1 aromatic rings. The summed E-state index contributed by atoms with van der Waals surface area (Å²) in [4.78, 5) is 16.2. The molecule has 0 amide bonds. The molecule has 4 nitrogen and oxygen atoms in total. The van der Waals surface area contributed by atoms with E-state index >= 15 is 0 Å². The Morgan fingerprint density at radius 2 is 2.31 bits per heavy atom. The van der Waals surface area contributed by atoms with Crippen molar-refractivity contribution in [2.24, 2.45) is 0 Å². The number of aromatic nitrogens is 1. The predicted molar refractivity (Wildman–Crippen MR) is 49.2 cm³/mol. The highest BCUT2D eigenvalue weighted by Crippen LogP contribution is 2.16. The van der Waals surface area contributed by atoms with Crippen LogP contribution in [0, 0.1) is 0 Å². The van der Waals surface area contributed by atoms with Gasteiger partial charge in [-0.3, -0.25) is 4.90 Å². The van der Waals surface area contributed by atoms with Crippen molar-refractivity contribution in [3.8, 4) is 0 Å². The van der Waals surface area contributed by atoms with Crippen molar-refractivity contribution >= 4 is 5.97 Å². The second-order valence-corrected chi connectivity index (χ2v) is 3.01. The molecule has 0 aliphatic rings. The van der Waals surface area contributed by atoms with Crippen LogP contribution in [-0.2, 0) is 9.53 Å². The summed E-state index contributed by atoms with van der Waals surface area (Å²) in [5, 5.41) is 0. The zero-order valence-corrected chi connectivity index (χ0v) is 8.07. The van der Waals surface area contributed by atoms with E-state index in [9.17, 15) is 4.79 Å². The lowest BCUT2D eigenvalue weighted by Crippen LogP contribution is -2.28. The number of rotatable bonds is 3. The molecule has 0 bridgehead atoms. The predicted octanol–water partition coefficient (Wildman–Crippen LogP) is 0.790. The highest BCUT2D eigenvalue weighted by atomic mass is 16.5. The molecule has 1 heterocycles. The zero-order valence-electron chi connectivity index (χ0n) is 8.07. The van der Waals surface area contributed by atoms with Gasteiger partial charge in [0, 0.05) is 11.9 Å². The van der Waals surface area contributed by atoms with Gasteiger partial charge in [-0.15, -0.1) is 0 Å². The first-order valence-corrected chi connectivity index (χ1v) is 4.04. The maximum absolute atomic E-state index is 11.4.